The molecule has 0 unspecified atom stereocenters. The lowest BCUT2D eigenvalue weighted by Gasteiger charge is -2.26. The van der Waals surface area contributed by atoms with Crippen molar-refractivity contribution in [1.29, 1.82) is 0 Å². The van der Waals surface area contributed by atoms with E-state index in [4.69, 9.17) is 25.8 Å². The molecule has 1 aromatic heterocycles. The lowest BCUT2D eigenvalue weighted by atomic mass is 9.95. The average molecular weight is 630 g/mol. The zero-order chi connectivity index (χ0) is 31.1. The summed E-state index contributed by atoms with van der Waals surface area (Å²) in [5.74, 6) is 0.0433. The van der Waals surface area contributed by atoms with Crippen LogP contribution in [0.1, 0.15) is 36.6 Å². The van der Waals surface area contributed by atoms with Crippen LogP contribution in [0, 0.1) is 0 Å². The van der Waals surface area contributed by atoms with Gasteiger partial charge in [0.1, 0.15) is 22.1 Å². The van der Waals surface area contributed by atoms with Crippen LogP contribution in [-0.4, -0.2) is 37.3 Å². The van der Waals surface area contributed by atoms with Gasteiger partial charge >= 0.3 is 5.97 Å². The van der Waals surface area contributed by atoms with E-state index in [1.54, 1.807) is 50.1 Å². The van der Waals surface area contributed by atoms with Gasteiger partial charge < -0.3 is 19.1 Å². The van der Waals surface area contributed by atoms with E-state index >= 15 is 0 Å². The molecule has 9 nitrogen and oxygen atoms in total. The molecule has 0 saturated carbocycles. The maximum atomic E-state index is 14.5. The first kappa shape index (κ1) is 29.4. The molecular weight excluding hydrogens is 602 g/mol. The lowest BCUT2D eigenvalue weighted by Crippen LogP contribution is -2.41. The minimum Gasteiger partial charge on any atom is -0.497 e. The van der Waals surface area contributed by atoms with Crippen molar-refractivity contribution in [3.05, 3.63) is 119 Å². The normalized spacial score (nSPS) is 16.8. The van der Waals surface area contributed by atoms with Gasteiger partial charge in [-0.25, -0.2) is 9.79 Å². The van der Waals surface area contributed by atoms with Crippen molar-refractivity contribution >= 4 is 46.1 Å². The quantitative estimate of drug-likeness (QED) is 0.281. The Morgan fingerprint density at radius 2 is 1.77 bits per heavy atom. The molecule has 0 bridgehead atoms. The second-order valence-electron chi connectivity index (χ2n) is 10.1. The number of carbonyl (C=O) groups excluding carboxylic acids is 2. The number of allylic oxidation sites excluding steroid dienone is 1. The first-order chi connectivity index (χ1) is 21.3. The Kier molecular flexibility index (Phi) is 7.87. The molecule has 0 saturated heterocycles. The van der Waals surface area contributed by atoms with Gasteiger partial charge in [-0.1, -0.05) is 59.3 Å². The number of hydrogen-bond acceptors (Lipinski definition) is 8. The van der Waals surface area contributed by atoms with E-state index in [-0.39, 0.29) is 34.7 Å². The molecule has 1 amide bonds. The zero-order valence-corrected chi connectivity index (χ0v) is 26.0. The van der Waals surface area contributed by atoms with Crippen LogP contribution in [0.4, 0.5) is 5.69 Å². The number of ether oxygens (including phenoxy) is 3. The molecule has 0 aliphatic carbocycles. The molecule has 44 heavy (non-hydrogen) atoms. The second-order valence-corrected chi connectivity index (χ2v) is 11.5. The minimum absolute atomic E-state index is 0.142. The van der Waals surface area contributed by atoms with Crippen LogP contribution >= 0.6 is 22.9 Å². The fraction of sp³-hybridized carbons (Fsp3) is 0.212. The monoisotopic (exact) mass is 629 g/mol. The predicted molar refractivity (Wildman–Crippen MR) is 168 cm³/mol. The number of methoxy groups -OCH3 is 2. The van der Waals surface area contributed by atoms with Crippen LogP contribution in [0.25, 0.3) is 5.57 Å². The lowest BCUT2D eigenvalue weighted by molar-refractivity contribution is -0.139. The van der Waals surface area contributed by atoms with Gasteiger partial charge in [-0.3, -0.25) is 14.2 Å². The van der Waals surface area contributed by atoms with E-state index < -0.39 is 17.6 Å². The van der Waals surface area contributed by atoms with Gasteiger partial charge in [0.25, 0.3) is 11.5 Å². The number of carbonyl (C=O) groups is 2. The van der Waals surface area contributed by atoms with Crippen molar-refractivity contribution in [2.75, 3.05) is 25.7 Å². The Morgan fingerprint density at radius 3 is 2.50 bits per heavy atom. The number of para-hydroxylation sites is 1. The summed E-state index contributed by atoms with van der Waals surface area (Å²) >= 11 is 7.56. The topological polar surface area (TPSA) is 99.4 Å². The van der Waals surface area contributed by atoms with Crippen molar-refractivity contribution in [3.63, 3.8) is 0 Å². The number of rotatable bonds is 7. The number of thiazole rings is 1. The Balaban J connectivity index is 1.60. The van der Waals surface area contributed by atoms with Crippen LogP contribution in [0.2, 0.25) is 5.02 Å². The molecular formula is C33H28ClN3O6S. The molecule has 2 aliphatic heterocycles. The molecule has 0 spiro atoms. The van der Waals surface area contributed by atoms with Crippen molar-refractivity contribution in [2.24, 2.45) is 4.99 Å². The number of aromatic nitrogens is 1. The Labute approximate surface area is 261 Å². The number of fused-ring (bicyclic) bond motifs is 2. The molecule has 3 heterocycles. The Morgan fingerprint density at radius 1 is 1.02 bits per heavy atom. The fourth-order valence-corrected chi connectivity index (χ4v) is 6.97. The Hall–Kier alpha value is -4.67. The molecule has 11 heteroatoms. The van der Waals surface area contributed by atoms with Crippen LogP contribution in [0.3, 0.4) is 0 Å². The number of anilines is 1. The first-order valence-corrected chi connectivity index (χ1v) is 15.1. The number of amides is 1. The summed E-state index contributed by atoms with van der Waals surface area (Å²) in [4.78, 5) is 48.6. The van der Waals surface area contributed by atoms with Crippen LogP contribution in [0.5, 0.6) is 11.5 Å². The first-order valence-electron chi connectivity index (χ1n) is 13.9. The highest BCUT2D eigenvalue weighted by Gasteiger charge is 2.38. The summed E-state index contributed by atoms with van der Waals surface area (Å²) in [6.07, 6.45) is 0. The smallest absolute Gasteiger partial charge is 0.338 e. The standard InChI is InChI=1S/C33H28ClN3O6S/c1-5-43-32(40)26-18(2)35-33-37(28(26)22-15-14-20(41-3)16-25(22)42-4)31(39)29(44-33)27-21-11-7-9-13-24(21)36(30(27)38)17-19-10-6-8-12-23(19)34/h6-16,28H,5,17H2,1-4H3/b29-27+/t28-/m1/s1. The third kappa shape index (κ3) is 4.80. The van der Waals surface area contributed by atoms with Gasteiger partial charge in [-0.15, -0.1) is 0 Å². The van der Waals surface area contributed by atoms with Crippen LogP contribution in [-0.2, 0) is 20.9 Å². The highest BCUT2D eigenvalue weighted by Crippen LogP contribution is 2.39. The van der Waals surface area contributed by atoms with Gasteiger partial charge in [0.05, 0.1) is 49.9 Å². The third-order valence-electron chi connectivity index (χ3n) is 7.66. The molecule has 1 atom stereocenters. The van der Waals surface area contributed by atoms with Crippen LogP contribution < -0.4 is 29.3 Å². The molecule has 0 radical (unpaired) electrons. The van der Waals surface area contributed by atoms with Crippen molar-refractivity contribution < 1.29 is 23.8 Å². The molecule has 224 valence electrons. The summed E-state index contributed by atoms with van der Waals surface area (Å²) in [6, 6.07) is 18.9. The van der Waals surface area contributed by atoms with E-state index in [1.807, 2.05) is 42.5 Å². The number of hydrogen-bond donors (Lipinski definition) is 0. The maximum Gasteiger partial charge on any atom is 0.338 e. The summed E-state index contributed by atoms with van der Waals surface area (Å²) in [7, 11) is 3.05. The van der Waals surface area contributed by atoms with Gasteiger partial charge in [-0.2, -0.15) is 0 Å². The van der Waals surface area contributed by atoms with Gasteiger partial charge in [0.2, 0.25) is 0 Å². The number of halogens is 1. The summed E-state index contributed by atoms with van der Waals surface area (Å²) in [5, 5.41) is 0.543. The predicted octanol–water partition coefficient (Wildman–Crippen LogP) is 4.39. The molecule has 0 fully saturated rings. The molecule has 6 rings (SSSR count). The maximum absolute atomic E-state index is 14.5. The van der Waals surface area contributed by atoms with E-state index in [0.29, 0.717) is 43.8 Å². The summed E-state index contributed by atoms with van der Waals surface area (Å²) in [5.41, 5.74) is 3.06. The minimum atomic E-state index is -0.925. The van der Waals surface area contributed by atoms with Gasteiger partial charge in [0.15, 0.2) is 4.80 Å². The summed E-state index contributed by atoms with van der Waals surface area (Å²) < 4.78 is 18.2. The fourth-order valence-electron chi connectivity index (χ4n) is 5.63. The van der Waals surface area contributed by atoms with Gasteiger partial charge in [-0.05, 0) is 43.7 Å². The number of nitrogens with zero attached hydrogens (tertiary/aromatic N) is 3. The zero-order valence-electron chi connectivity index (χ0n) is 24.4. The highest BCUT2D eigenvalue weighted by molar-refractivity contribution is 7.07. The SMILES string of the molecule is CCOC(=O)C1=C(C)N=c2s/c(=C3/C(=O)N(Cc4ccccc4Cl)c4ccccc43)c(=O)n2[C@@H]1c1ccc(OC)cc1OC. The van der Waals surface area contributed by atoms with E-state index in [2.05, 4.69) is 4.99 Å². The van der Waals surface area contributed by atoms with E-state index in [0.717, 1.165) is 16.9 Å². The molecule has 2 aliphatic rings. The second kappa shape index (κ2) is 11.8. The molecule has 4 aromatic rings. The van der Waals surface area contributed by atoms with Crippen molar-refractivity contribution in [1.82, 2.24) is 4.57 Å². The summed E-state index contributed by atoms with van der Waals surface area (Å²) in [6.45, 7) is 3.79. The molecule has 3 aromatic carbocycles. The van der Waals surface area contributed by atoms with Gasteiger partial charge in [0, 0.05) is 22.2 Å². The van der Waals surface area contributed by atoms with Crippen LogP contribution in [0.15, 0.2) is 87.8 Å². The van der Waals surface area contributed by atoms with E-state index in [1.165, 1.54) is 11.7 Å². The third-order valence-corrected chi connectivity index (χ3v) is 9.09. The van der Waals surface area contributed by atoms with Crippen molar-refractivity contribution in [3.8, 4) is 11.5 Å². The number of esters is 1. The average Bonchev–Trinajstić information content (AvgIpc) is 3.49. The van der Waals surface area contributed by atoms with E-state index in [9.17, 15) is 14.4 Å². The molecule has 0 N–H and O–H groups in total. The van der Waals surface area contributed by atoms with Crippen molar-refractivity contribution in [2.45, 2.75) is 26.4 Å². The number of benzene rings is 3. The largest absolute Gasteiger partial charge is 0.497 e. The Bertz CT molecular complexity index is 2050. The highest BCUT2D eigenvalue weighted by atomic mass is 35.5.